The summed E-state index contributed by atoms with van der Waals surface area (Å²) in [5, 5.41) is 23.7. The smallest absolute Gasteiger partial charge is 0.326 e. The molecule has 0 bridgehead atoms. The van der Waals surface area contributed by atoms with E-state index in [1.807, 2.05) is 6.92 Å². The standard InChI is InChI=1S/C22H39N5O7/c1-3-13(2)18(26-19(30)14(24)7-4-5-11-23)20(31)25-15(9-10-17(28)29)21(32)27-12-6-8-16(27)22(33)34/h13-16,18H,3-12,23-24H2,1-2H3,(H,25,31)(H,26,30)(H,28,29)(H,33,34). The van der Waals surface area contributed by atoms with Crippen molar-refractivity contribution in [3.8, 4) is 0 Å². The van der Waals surface area contributed by atoms with Gasteiger partial charge in [0.25, 0.3) is 0 Å². The van der Waals surface area contributed by atoms with E-state index in [1.165, 1.54) is 4.90 Å². The van der Waals surface area contributed by atoms with E-state index in [0.29, 0.717) is 32.2 Å². The molecular formula is C22H39N5O7. The zero-order valence-corrected chi connectivity index (χ0v) is 20.0. The lowest BCUT2D eigenvalue weighted by molar-refractivity contribution is -0.150. The molecule has 3 amide bonds. The Morgan fingerprint density at radius 1 is 1.06 bits per heavy atom. The fraction of sp³-hybridized carbons (Fsp3) is 0.773. The van der Waals surface area contributed by atoms with Gasteiger partial charge in [-0.15, -0.1) is 0 Å². The second-order valence-electron chi connectivity index (χ2n) is 8.78. The molecule has 0 aromatic carbocycles. The molecule has 0 spiro atoms. The third kappa shape index (κ3) is 8.90. The van der Waals surface area contributed by atoms with Gasteiger partial charge < -0.3 is 37.2 Å². The second-order valence-corrected chi connectivity index (χ2v) is 8.78. The lowest BCUT2D eigenvalue weighted by Crippen LogP contribution is -2.58. The summed E-state index contributed by atoms with van der Waals surface area (Å²) >= 11 is 0. The zero-order chi connectivity index (χ0) is 25.8. The highest BCUT2D eigenvalue weighted by atomic mass is 16.4. The molecule has 1 aliphatic heterocycles. The van der Waals surface area contributed by atoms with Crippen molar-refractivity contribution >= 4 is 29.7 Å². The van der Waals surface area contributed by atoms with Gasteiger partial charge in [-0.2, -0.15) is 0 Å². The van der Waals surface area contributed by atoms with Crippen LogP contribution in [-0.2, 0) is 24.0 Å². The van der Waals surface area contributed by atoms with Gasteiger partial charge in [0.2, 0.25) is 17.7 Å². The first-order valence-corrected chi connectivity index (χ1v) is 11.8. The number of rotatable bonds is 15. The molecule has 12 nitrogen and oxygen atoms in total. The van der Waals surface area contributed by atoms with Crippen LogP contribution in [0.25, 0.3) is 0 Å². The number of hydrogen-bond donors (Lipinski definition) is 6. The maximum absolute atomic E-state index is 13.1. The third-order valence-corrected chi connectivity index (χ3v) is 6.18. The summed E-state index contributed by atoms with van der Waals surface area (Å²) in [5.41, 5.74) is 11.4. The molecule has 0 saturated carbocycles. The average molecular weight is 486 g/mol. The van der Waals surface area contributed by atoms with Crippen LogP contribution in [0.4, 0.5) is 0 Å². The number of hydrogen-bond acceptors (Lipinski definition) is 7. The van der Waals surface area contributed by atoms with Crippen molar-refractivity contribution < 1.29 is 34.2 Å². The summed E-state index contributed by atoms with van der Waals surface area (Å²) in [7, 11) is 0. The highest BCUT2D eigenvalue weighted by Gasteiger charge is 2.39. The SMILES string of the molecule is CCC(C)C(NC(=O)C(N)CCCCN)C(=O)NC(CCC(=O)O)C(=O)N1CCCC1C(=O)O. The predicted octanol–water partition coefficient (Wildman–Crippen LogP) is -0.601. The van der Waals surface area contributed by atoms with Gasteiger partial charge in [-0.05, 0) is 44.6 Å². The minimum Gasteiger partial charge on any atom is -0.481 e. The topological polar surface area (TPSA) is 205 Å². The Morgan fingerprint density at radius 3 is 2.29 bits per heavy atom. The number of unbranched alkanes of at least 4 members (excludes halogenated alkanes) is 1. The van der Waals surface area contributed by atoms with Crippen LogP contribution in [0.15, 0.2) is 0 Å². The fourth-order valence-electron chi connectivity index (χ4n) is 3.88. The summed E-state index contributed by atoms with van der Waals surface area (Å²) in [6.07, 6.45) is 2.52. The van der Waals surface area contributed by atoms with Crippen LogP contribution >= 0.6 is 0 Å². The number of carboxylic acids is 2. The lowest BCUT2D eigenvalue weighted by Gasteiger charge is -2.30. The van der Waals surface area contributed by atoms with Crippen molar-refractivity contribution in [3.63, 3.8) is 0 Å². The summed E-state index contributed by atoms with van der Waals surface area (Å²) in [4.78, 5) is 62.6. The Morgan fingerprint density at radius 2 is 1.74 bits per heavy atom. The molecule has 0 radical (unpaired) electrons. The number of carbonyl (C=O) groups excluding carboxylic acids is 3. The number of likely N-dealkylation sites (tertiary alicyclic amines) is 1. The maximum Gasteiger partial charge on any atom is 0.326 e. The first-order valence-electron chi connectivity index (χ1n) is 11.8. The molecule has 0 aromatic rings. The molecule has 8 N–H and O–H groups in total. The molecule has 5 atom stereocenters. The molecule has 1 heterocycles. The van der Waals surface area contributed by atoms with E-state index in [1.54, 1.807) is 6.92 Å². The molecule has 194 valence electrons. The van der Waals surface area contributed by atoms with Crippen molar-refractivity contribution in [1.29, 1.82) is 0 Å². The Bertz CT molecular complexity index is 732. The minimum atomic E-state index is -1.23. The first kappa shape index (κ1) is 29.3. The van der Waals surface area contributed by atoms with Crippen LogP contribution in [0.5, 0.6) is 0 Å². The third-order valence-electron chi connectivity index (χ3n) is 6.18. The monoisotopic (exact) mass is 485 g/mol. The van der Waals surface area contributed by atoms with E-state index >= 15 is 0 Å². The minimum absolute atomic E-state index is 0.206. The maximum atomic E-state index is 13.1. The van der Waals surface area contributed by atoms with Crippen molar-refractivity contribution in [2.24, 2.45) is 17.4 Å². The van der Waals surface area contributed by atoms with Crippen LogP contribution < -0.4 is 22.1 Å². The molecule has 34 heavy (non-hydrogen) atoms. The van der Waals surface area contributed by atoms with Crippen molar-refractivity contribution in [1.82, 2.24) is 15.5 Å². The van der Waals surface area contributed by atoms with Crippen molar-refractivity contribution in [2.75, 3.05) is 13.1 Å². The Balaban J connectivity index is 2.99. The molecule has 1 fully saturated rings. The van der Waals surface area contributed by atoms with Gasteiger partial charge in [0.05, 0.1) is 6.04 Å². The number of carboxylic acid groups (broad SMARTS) is 2. The highest BCUT2D eigenvalue weighted by molar-refractivity contribution is 5.94. The van der Waals surface area contributed by atoms with Crippen molar-refractivity contribution in [3.05, 3.63) is 0 Å². The molecule has 0 aliphatic carbocycles. The first-order chi connectivity index (χ1) is 16.0. The fourth-order valence-corrected chi connectivity index (χ4v) is 3.88. The normalized spacial score (nSPS) is 19.1. The molecule has 5 unspecified atom stereocenters. The van der Waals surface area contributed by atoms with E-state index in [4.69, 9.17) is 16.6 Å². The predicted molar refractivity (Wildman–Crippen MR) is 123 cm³/mol. The van der Waals surface area contributed by atoms with E-state index in [9.17, 15) is 29.1 Å². The van der Waals surface area contributed by atoms with Gasteiger partial charge in [-0.1, -0.05) is 26.7 Å². The van der Waals surface area contributed by atoms with Crippen molar-refractivity contribution in [2.45, 2.75) is 89.4 Å². The van der Waals surface area contributed by atoms with Gasteiger partial charge in [0.15, 0.2) is 0 Å². The number of carbonyl (C=O) groups is 5. The number of nitrogens with one attached hydrogen (secondary N) is 2. The molecule has 12 heteroatoms. The van der Waals surface area contributed by atoms with Crippen LogP contribution in [0.3, 0.4) is 0 Å². The number of amides is 3. The molecule has 0 aromatic heterocycles. The Labute approximate surface area is 199 Å². The molecule has 1 rings (SSSR count). The largest absolute Gasteiger partial charge is 0.481 e. The number of aliphatic carboxylic acids is 2. The summed E-state index contributed by atoms with van der Waals surface area (Å²) in [6.45, 7) is 4.29. The van der Waals surface area contributed by atoms with Crippen LogP contribution in [0.1, 0.15) is 65.2 Å². The van der Waals surface area contributed by atoms with E-state index in [2.05, 4.69) is 10.6 Å². The van der Waals surface area contributed by atoms with Crippen LogP contribution in [0, 0.1) is 5.92 Å². The average Bonchev–Trinajstić information content (AvgIpc) is 3.29. The second kappa shape index (κ2) is 14.5. The Hall–Kier alpha value is -2.73. The van der Waals surface area contributed by atoms with E-state index in [-0.39, 0.29) is 25.3 Å². The van der Waals surface area contributed by atoms with Gasteiger partial charge in [0.1, 0.15) is 18.1 Å². The van der Waals surface area contributed by atoms with Gasteiger partial charge in [-0.3, -0.25) is 19.2 Å². The molecule has 1 aliphatic rings. The molecule has 1 saturated heterocycles. The van der Waals surface area contributed by atoms with E-state index < -0.39 is 60.2 Å². The molecular weight excluding hydrogens is 446 g/mol. The van der Waals surface area contributed by atoms with E-state index in [0.717, 1.165) is 6.42 Å². The van der Waals surface area contributed by atoms with Crippen LogP contribution in [0.2, 0.25) is 0 Å². The summed E-state index contributed by atoms with van der Waals surface area (Å²) in [5.74, 6) is -4.40. The zero-order valence-electron chi connectivity index (χ0n) is 20.0. The van der Waals surface area contributed by atoms with Gasteiger partial charge in [-0.25, -0.2) is 4.79 Å². The lowest BCUT2D eigenvalue weighted by atomic mass is 9.96. The van der Waals surface area contributed by atoms with Gasteiger partial charge >= 0.3 is 11.9 Å². The summed E-state index contributed by atoms with van der Waals surface area (Å²) in [6, 6.07) is -4.07. The number of nitrogens with two attached hydrogens (primary N) is 2. The van der Waals surface area contributed by atoms with Crippen LogP contribution in [-0.4, -0.2) is 82.0 Å². The number of nitrogens with zero attached hydrogens (tertiary/aromatic N) is 1. The highest BCUT2D eigenvalue weighted by Crippen LogP contribution is 2.20. The summed E-state index contributed by atoms with van der Waals surface area (Å²) < 4.78 is 0. The quantitative estimate of drug-likeness (QED) is 0.163. The Kier molecular flexibility index (Phi) is 12.5. The van der Waals surface area contributed by atoms with Gasteiger partial charge in [0, 0.05) is 13.0 Å².